The molecule has 0 spiro atoms. The average Bonchev–Trinajstić information content (AvgIpc) is 2.44. The van der Waals surface area contributed by atoms with Crippen molar-refractivity contribution >= 4 is 5.91 Å². The van der Waals surface area contributed by atoms with Crippen molar-refractivity contribution in [2.75, 3.05) is 13.1 Å². The lowest BCUT2D eigenvalue weighted by Crippen LogP contribution is -2.34. The van der Waals surface area contributed by atoms with Crippen molar-refractivity contribution in [3.05, 3.63) is 34.9 Å². The van der Waals surface area contributed by atoms with Gasteiger partial charge in [-0.25, -0.2) is 0 Å². The van der Waals surface area contributed by atoms with E-state index in [1.807, 2.05) is 6.07 Å². The first-order valence-corrected chi connectivity index (χ1v) is 5.77. The van der Waals surface area contributed by atoms with Crippen LogP contribution in [0.25, 0.3) is 0 Å². The van der Waals surface area contributed by atoms with Crippen molar-refractivity contribution in [2.45, 2.75) is 26.3 Å². The van der Waals surface area contributed by atoms with Gasteiger partial charge in [0.25, 0.3) is 0 Å². The predicted molar refractivity (Wildman–Crippen MR) is 64.3 cm³/mol. The van der Waals surface area contributed by atoms with Crippen molar-refractivity contribution in [1.82, 2.24) is 10.6 Å². The van der Waals surface area contributed by atoms with Crippen LogP contribution in [-0.2, 0) is 4.79 Å². The average molecular weight is 218 g/mol. The fourth-order valence-electron chi connectivity index (χ4n) is 2.14. The quantitative estimate of drug-likeness (QED) is 0.749. The summed E-state index contributed by atoms with van der Waals surface area (Å²) in [6, 6.07) is 6.04. The summed E-state index contributed by atoms with van der Waals surface area (Å²) in [5.74, 6) is 0.0875. The molecule has 2 N–H and O–H groups in total. The lowest BCUT2D eigenvalue weighted by Gasteiger charge is -2.17. The molecule has 1 amide bonds. The van der Waals surface area contributed by atoms with E-state index in [-0.39, 0.29) is 11.9 Å². The number of amides is 1. The van der Waals surface area contributed by atoms with Crippen LogP contribution < -0.4 is 10.6 Å². The van der Waals surface area contributed by atoms with Crippen LogP contribution in [0, 0.1) is 13.8 Å². The molecule has 1 unspecified atom stereocenters. The monoisotopic (exact) mass is 218 g/mol. The highest BCUT2D eigenvalue weighted by molar-refractivity contribution is 5.83. The fourth-order valence-corrected chi connectivity index (χ4v) is 2.14. The Morgan fingerprint density at radius 1 is 1.25 bits per heavy atom. The second-order valence-electron chi connectivity index (χ2n) is 4.39. The molecule has 3 heteroatoms. The summed E-state index contributed by atoms with van der Waals surface area (Å²) in [5.41, 5.74) is 3.50. The predicted octanol–water partition coefficient (Wildman–Crippen LogP) is 1.45. The third-order valence-electron chi connectivity index (χ3n) is 3.00. The van der Waals surface area contributed by atoms with Gasteiger partial charge in [-0.2, -0.15) is 0 Å². The van der Waals surface area contributed by atoms with E-state index in [9.17, 15) is 4.79 Å². The first kappa shape index (κ1) is 11.1. The Balaban J connectivity index is 2.30. The summed E-state index contributed by atoms with van der Waals surface area (Å²) in [7, 11) is 0. The first-order chi connectivity index (χ1) is 7.68. The first-order valence-electron chi connectivity index (χ1n) is 5.77. The molecule has 0 aromatic heterocycles. The molecule has 16 heavy (non-hydrogen) atoms. The molecule has 0 radical (unpaired) electrons. The lowest BCUT2D eigenvalue weighted by atomic mass is 9.99. The molecule has 1 aromatic rings. The Labute approximate surface area is 96.2 Å². The zero-order valence-corrected chi connectivity index (χ0v) is 9.84. The van der Waals surface area contributed by atoms with Gasteiger partial charge < -0.3 is 10.6 Å². The van der Waals surface area contributed by atoms with E-state index in [0.717, 1.165) is 25.1 Å². The molecule has 1 aliphatic rings. The molecule has 1 aromatic carbocycles. The Morgan fingerprint density at radius 2 is 2.06 bits per heavy atom. The molecule has 1 heterocycles. The number of rotatable bonds is 1. The molecule has 0 bridgehead atoms. The van der Waals surface area contributed by atoms with Crippen LogP contribution in [0.5, 0.6) is 0 Å². The number of hydrogen-bond donors (Lipinski definition) is 2. The van der Waals surface area contributed by atoms with E-state index in [0.29, 0.717) is 0 Å². The smallest absolute Gasteiger partial charge is 0.241 e. The van der Waals surface area contributed by atoms with Gasteiger partial charge in [0.2, 0.25) is 5.91 Å². The number of benzene rings is 1. The van der Waals surface area contributed by atoms with E-state index in [1.165, 1.54) is 11.1 Å². The summed E-state index contributed by atoms with van der Waals surface area (Å²) in [6.45, 7) is 5.78. The fraction of sp³-hybridized carbons (Fsp3) is 0.462. The summed E-state index contributed by atoms with van der Waals surface area (Å²) in [5, 5.41) is 6.23. The van der Waals surface area contributed by atoms with Crippen LogP contribution in [-0.4, -0.2) is 19.0 Å². The molecule has 86 valence electrons. The highest BCUT2D eigenvalue weighted by Gasteiger charge is 2.22. The van der Waals surface area contributed by atoms with Gasteiger partial charge >= 0.3 is 0 Å². The van der Waals surface area contributed by atoms with Crippen molar-refractivity contribution < 1.29 is 4.79 Å². The highest BCUT2D eigenvalue weighted by atomic mass is 16.2. The van der Waals surface area contributed by atoms with Crippen molar-refractivity contribution in [2.24, 2.45) is 0 Å². The van der Waals surface area contributed by atoms with Crippen molar-refractivity contribution in [3.63, 3.8) is 0 Å². The van der Waals surface area contributed by atoms with Crippen LogP contribution in [0.2, 0.25) is 0 Å². The Kier molecular flexibility index (Phi) is 3.25. The van der Waals surface area contributed by atoms with E-state index < -0.39 is 0 Å². The van der Waals surface area contributed by atoms with Gasteiger partial charge in [-0.1, -0.05) is 23.8 Å². The molecular weight excluding hydrogens is 200 g/mol. The topological polar surface area (TPSA) is 41.1 Å². The highest BCUT2D eigenvalue weighted by Crippen LogP contribution is 2.20. The van der Waals surface area contributed by atoms with E-state index in [4.69, 9.17) is 0 Å². The summed E-state index contributed by atoms with van der Waals surface area (Å²) in [6.07, 6.45) is 0.993. The van der Waals surface area contributed by atoms with Crippen LogP contribution in [0.15, 0.2) is 18.2 Å². The zero-order chi connectivity index (χ0) is 11.5. The number of nitrogens with one attached hydrogen (secondary N) is 2. The van der Waals surface area contributed by atoms with E-state index in [2.05, 4.69) is 36.6 Å². The van der Waals surface area contributed by atoms with Crippen LogP contribution in [0.1, 0.15) is 29.2 Å². The molecule has 0 saturated carbocycles. The number of hydrogen-bond acceptors (Lipinski definition) is 2. The van der Waals surface area contributed by atoms with Crippen molar-refractivity contribution in [3.8, 4) is 0 Å². The molecule has 2 rings (SSSR count). The third kappa shape index (κ3) is 2.25. The van der Waals surface area contributed by atoms with Gasteiger partial charge in [-0.15, -0.1) is 0 Å². The van der Waals surface area contributed by atoms with Gasteiger partial charge in [0.15, 0.2) is 0 Å². The minimum Gasteiger partial charge on any atom is -0.354 e. The Morgan fingerprint density at radius 3 is 2.81 bits per heavy atom. The van der Waals surface area contributed by atoms with Crippen molar-refractivity contribution in [1.29, 1.82) is 0 Å². The van der Waals surface area contributed by atoms with Gasteiger partial charge in [-0.3, -0.25) is 4.79 Å². The normalized spacial score (nSPS) is 21.4. The van der Waals surface area contributed by atoms with Crippen LogP contribution >= 0.6 is 0 Å². The molecule has 1 saturated heterocycles. The standard InChI is InChI=1S/C13H18N2O/c1-9-4-5-11(10(2)8-9)12-13(16)15-7-3-6-14-12/h4-5,8,12,14H,3,6-7H2,1-2H3,(H,15,16). The minimum atomic E-state index is -0.192. The Hall–Kier alpha value is -1.35. The van der Waals surface area contributed by atoms with Gasteiger partial charge in [0, 0.05) is 6.54 Å². The summed E-state index contributed by atoms with van der Waals surface area (Å²) >= 11 is 0. The SMILES string of the molecule is Cc1ccc(C2NCCCNC2=O)c(C)c1. The molecule has 0 aliphatic carbocycles. The Bertz CT molecular complexity index is 401. The number of carbonyl (C=O) groups is 1. The molecule has 1 aliphatic heterocycles. The van der Waals surface area contributed by atoms with E-state index >= 15 is 0 Å². The van der Waals surface area contributed by atoms with Gasteiger partial charge in [0.05, 0.1) is 0 Å². The number of carbonyl (C=O) groups excluding carboxylic acids is 1. The summed E-state index contributed by atoms with van der Waals surface area (Å²) in [4.78, 5) is 11.9. The second-order valence-corrected chi connectivity index (χ2v) is 4.39. The lowest BCUT2D eigenvalue weighted by molar-refractivity contribution is -0.122. The molecule has 1 atom stereocenters. The maximum Gasteiger partial charge on any atom is 0.241 e. The molecule has 1 fully saturated rings. The minimum absolute atomic E-state index is 0.0875. The van der Waals surface area contributed by atoms with E-state index in [1.54, 1.807) is 0 Å². The maximum absolute atomic E-state index is 11.9. The third-order valence-corrected chi connectivity index (χ3v) is 3.00. The van der Waals surface area contributed by atoms with Crippen LogP contribution in [0.3, 0.4) is 0 Å². The van der Waals surface area contributed by atoms with Gasteiger partial charge in [-0.05, 0) is 37.9 Å². The molecule has 3 nitrogen and oxygen atoms in total. The maximum atomic E-state index is 11.9. The summed E-state index contributed by atoms with van der Waals surface area (Å²) < 4.78 is 0. The number of aryl methyl sites for hydroxylation is 2. The second kappa shape index (κ2) is 4.66. The molecular formula is C13H18N2O. The largest absolute Gasteiger partial charge is 0.354 e. The van der Waals surface area contributed by atoms with Crippen LogP contribution in [0.4, 0.5) is 0 Å². The zero-order valence-electron chi connectivity index (χ0n) is 9.84. The van der Waals surface area contributed by atoms with Gasteiger partial charge in [0.1, 0.15) is 6.04 Å².